The number of hydrazone groups is 1. The van der Waals surface area contributed by atoms with E-state index in [4.69, 9.17) is 16.7 Å². The number of benzene rings is 3. The van der Waals surface area contributed by atoms with Gasteiger partial charge in [-0.2, -0.15) is 5.10 Å². The van der Waals surface area contributed by atoms with E-state index in [-0.39, 0.29) is 12.3 Å². The van der Waals surface area contributed by atoms with Crippen LogP contribution in [0.4, 0.5) is 11.4 Å². The molecular weight excluding hydrogens is 386 g/mol. The van der Waals surface area contributed by atoms with Crippen molar-refractivity contribution in [2.24, 2.45) is 5.10 Å². The van der Waals surface area contributed by atoms with Crippen LogP contribution in [-0.4, -0.2) is 22.3 Å². The van der Waals surface area contributed by atoms with E-state index in [2.05, 4.69) is 5.32 Å². The third-order valence-corrected chi connectivity index (χ3v) is 5.81. The lowest BCUT2D eigenvalue weighted by Gasteiger charge is -2.43. The number of fused-ring (bicyclic) bond motifs is 1. The van der Waals surface area contributed by atoms with Crippen molar-refractivity contribution in [2.45, 2.75) is 18.1 Å². The van der Waals surface area contributed by atoms with Gasteiger partial charge in [0.05, 0.1) is 11.4 Å². The van der Waals surface area contributed by atoms with Crippen molar-refractivity contribution in [3.05, 3.63) is 95.0 Å². The lowest BCUT2D eigenvalue weighted by atomic mass is 9.78. The SMILES string of the molecule is O=C1Nc2ccccc2[C@@H](O)[C@]12CC(c1ccccc1)=NN2c1ccc(Cl)cc1. The van der Waals surface area contributed by atoms with Gasteiger partial charge in [0.1, 0.15) is 6.10 Å². The molecule has 3 aromatic carbocycles. The number of nitrogens with one attached hydrogen (secondary N) is 1. The molecule has 0 radical (unpaired) electrons. The minimum Gasteiger partial charge on any atom is -0.385 e. The van der Waals surface area contributed by atoms with E-state index >= 15 is 0 Å². The maximum atomic E-state index is 13.4. The van der Waals surface area contributed by atoms with Gasteiger partial charge < -0.3 is 10.4 Å². The van der Waals surface area contributed by atoms with Gasteiger partial charge >= 0.3 is 0 Å². The van der Waals surface area contributed by atoms with Crippen LogP contribution >= 0.6 is 11.6 Å². The van der Waals surface area contributed by atoms with E-state index in [1.54, 1.807) is 23.2 Å². The molecule has 0 unspecified atom stereocenters. The Kier molecular flexibility index (Phi) is 4.15. The largest absolute Gasteiger partial charge is 0.385 e. The quantitative estimate of drug-likeness (QED) is 0.667. The molecule has 0 bridgehead atoms. The topological polar surface area (TPSA) is 64.9 Å². The van der Waals surface area contributed by atoms with Gasteiger partial charge in [-0.15, -0.1) is 0 Å². The Morgan fingerprint density at radius 2 is 1.69 bits per heavy atom. The average molecular weight is 404 g/mol. The van der Waals surface area contributed by atoms with Crippen LogP contribution in [0.3, 0.4) is 0 Å². The highest BCUT2D eigenvalue weighted by atomic mass is 35.5. The predicted molar refractivity (Wildman–Crippen MR) is 114 cm³/mol. The summed E-state index contributed by atoms with van der Waals surface area (Å²) in [4.78, 5) is 13.4. The van der Waals surface area contributed by atoms with E-state index < -0.39 is 11.6 Å². The highest BCUT2D eigenvalue weighted by Crippen LogP contribution is 2.47. The van der Waals surface area contributed by atoms with Gasteiger partial charge in [-0.25, -0.2) is 5.01 Å². The van der Waals surface area contributed by atoms with Gasteiger partial charge in [0, 0.05) is 22.7 Å². The van der Waals surface area contributed by atoms with Crippen molar-refractivity contribution in [3.63, 3.8) is 0 Å². The molecule has 2 heterocycles. The van der Waals surface area contributed by atoms with E-state index in [1.165, 1.54) is 0 Å². The number of hydrogen-bond donors (Lipinski definition) is 2. The van der Waals surface area contributed by atoms with Crippen LogP contribution in [0.25, 0.3) is 0 Å². The first-order valence-corrected chi connectivity index (χ1v) is 9.74. The standard InChI is InChI=1S/C23H18ClN3O2/c24-16-10-12-17(13-11-16)27-23(14-20(26-27)15-6-2-1-3-7-15)21(28)18-8-4-5-9-19(18)25-22(23)29/h1-13,21,28H,14H2,(H,25,29)/t21-,23-/m1/s1. The van der Waals surface area contributed by atoms with Crippen molar-refractivity contribution in [3.8, 4) is 0 Å². The molecule has 3 aromatic rings. The van der Waals surface area contributed by atoms with E-state index in [0.717, 1.165) is 11.3 Å². The van der Waals surface area contributed by atoms with E-state index in [0.29, 0.717) is 22.0 Å². The Balaban J connectivity index is 1.68. The zero-order valence-electron chi connectivity index (χ0n) is 15.4. The first-order valence-electron chi connectivity index (χ1n) is 9.37. The number of nitrogens with zero attached hydrogens (tertiary/aromatic N) is 2. The van der Waals surface area contributed by atoms with Crippen molar-refractivity contribution < 1.29 is 9.90 Å². The number of aliphatic hydroxyl groups is 1. The molecule has 0 saturated heterocycles. The molecule has 0 aliphatic carbocycles. The number of aliphatic hydroxyl groups excluding tert-OH is 1. The molecule has 2 atom stereocenters. The van der Waals surface area contributed by atoms with Crippen LogP contribution in [0, 0.1) is 0 Å². The van der Waals surface area contributed by atoms with Gasteiger partial charge in [-0.3, -0.25) is 4.79 Å². The van der Waals surface area contributed by atoms with Crippen molar-refractivity contribution in [2.75, 3.05) is 10.3 Å². The lowest BCUT2D eigenvalue weighted by molar-refractivity contribution is -0.125. The molecule has 6 heteroatoms. The number of carbonyl (C=O) groups is 1. The van der Waals surface area contributed by atoms with Crippen molar-refractivity contribution >= 4 is 34.6 Å². The predicted octanol–water partition coefficient (Wildman–Crippen LogP) is 4.38. The number of para-hydroxylation sites is 1. The van der Waals surface area contributed by atoms with Gasteiger partial charge in [0.2, 0.25) is 0 Å². The Hall–Kier alpha value is -3.15. The second kappa shape index (κ2) is 6.72. The molecule has 5 nitrogen and oxygen atoms in total. The highest BCUT2D eigenvalue weighted by Gasteiger charge is 2.58. The van der Waals surface area contributed by atoms with Crippen LogP contribution in [-0.2, 0) is 4.79 Å². The Labute approximate surface area is 173 Å². The summed E-state index contributed by atoms with van der Waals surface area (Å²) in [6.07, 6.45) is -0.769. The maximum Gasteiger partial charge on any atom is 0.255 e. The molecule has 1 spiro atoms. The summed E-state index contributed by atoms with van der Waals surface area (Å²) >= 11 is 6.06. The van der Waals surface area contributed by atoms with E-state index in [9.17, 15) is 9.90 Å². The number of anilines is 2. The van der Waals surface area contributed by atoms with Crippen LogP contribution < -0.4 is 10.3 Å². The molecular formula is C23H18ClN3O2. The number of hydrogen-bond acceptors (Lipinski definition) is 4. The second-order valence-electron chi connectivity index (χ2n) is 7.25. The fourth-order valence-corrected chi connectivity index (χ4v) is 4.21. The molecule has 2 aliphatic heterocycles. The van der Waals surface area contributed by atoms with Crippen LogP contribution in [0.5, 0.6) is 0 Å². The molecule has 2 aliphatic rings. The summed E-state index contributed by atoms with van der Waals surface area (Å²) in [5.74, 6) is -0.284. The molecule has 0 saturated carbocycles. The summed E-state index contributed by atoms with van der Waals surface area (Å²) in [6, 6.07) is 24.2. The summed E-state index contributed by atoms with van der Waals surface area (Å²) in [7, 11) is 0. The third kappa shape index (κ3) is 2.74. The monoisotopic (exact) mass is 403 g/mol. The van der Waals surface area contributed by atoms with Gasteiger partial charge in [0.15, 0.2) is 5.54 Å². The second-order valence-corrected chi connectivity index (χ2v) is 7.68. The smallest absolute Gasteiger partial charge is 0.255 e. The lowest BCUT2D eigenvalue weighted by Crippen LogP contribution is -2.59. The molecule has 29 heavy (non-hydrogen) atoms. The molecule has 0 fully saturated rings. The minimum absolute atomic E-state index is 0.279. The Morgan fingerprint density at radius 1 is 1.00 bits per heavy atom. The Bertz CT molecular complexity index is 1110. The third-order valence-electron chi connectivity index (χ3n) is 5.56. The summed E-state index contributed by atoms with van der Waals surface area (Å²) in [5, 5.41) is 21.4. The van der Waals surface area contributed by atoms with Crippen LogP contribution in [0.15, 0.2) is 84.0 Å². The van der Waals surface area contributed by atoms with Gasteiger partial charge in [0.25, 0.3) is 5.91 Å². The van der Waals surface area contributed by atoms with Crippen molar-refractivity contribution in [1.82, 2.24) is 0 Å². The number of amides is 1. The van der Waals surface area contributed by atoms with Gasteiger partial charge in [-0.1, -0.05) is 60.1 Å². The molecule has 5 rings (SSSR count). The highest BCUT2D eigenvalue weighted by molar-refractivity contribution is 6.30. The summed E-state index contributed by atoms with van der Waals surface area (Å²) < 4.78 is 0. The number of carbonyl (C=O) groups excluding carboxylic acids is 1. The summed E-state index contributed by atoms with van der Waals surface area (Å²) in [5.41, 5.74) is 2.37. The number of rotatable bonds is 2. The zero-order chi connectivity index (χ0) is 20.0. The average Bonchev–Trinajstić information content (AvgIpc) is 3.16. The molecule has 1 amide bonds. The minimum atomic E-state index is -1.28. The molecule has 2 N–H and O–H groups in total. The van der Waals surface area contributed by atoms with Gasteiger partial charge in [-0.05, 0) is 35.9 Å². The van der Waals surface area contributed by atoms with E-state index in [1.807, 2.05) is 60.7 Å². The normalized spacial score (nSPS) is 23.0. The Morgan fingerprint density at radius 3 is 2.45 bits per heavy atom. The van der Waals surface area contributed by atoms with Crippen LogP contribution in [0.1, 0.15) is 23.7 Å². The first-order chi connectivity index (χ1) is 14.1. The van der Waals surface area contributed by atoms with Crippen molar-refractivity contribution in [1.29, 1.82) is 0 Å². The first kappa shape index (κ1) is 17.9. The molecule has 144 valence electrons. The summed E-state index contributed by atoms with van der Waals surface area (Å²) in [6.45, 7) is 0. The number of halogens is 1. The fraction of sp³-hybridized carbons (Fsp3) is 0.130. The maximum absolute atomic E-state index is 13.4. The molecule has 0 aromatic heterocycles. The van der Waals surface area contributed by atoms with Crippen LogP contribution in [0.2, 0.25) is 5.02 Å². The fourth-order valence-electron chi connectivity index (χ4n) is 4.09. The zero-order valence-corrected chi connectivity index (χ0v) is 16.2.